The highest BCUT2D eigenvalue weighted by Crippen LogP contribution is 2.23. The SMILES string of the molecule is COC1=Cc2nc(CN(C)C)cn2C(N2CCNCC2)N1. The fourth-order valence-corrected chi connectivity index (χ4v) is 2.83. The molecular weight excluding hydrogens is 268 g/mol. The van der Waals surface area contributed by atoms with Crippen LogP contribution in [0.3, 0.4) is 0 Å². The molecule has 0 amide bonds. The van der Waals surface area contributed by atoms with Crippen molar-refractivity contribution in [2.75, 3.05) is 47.4 Å². The number of hydrogen-bond acceptors (Lipinski definition) is 6. The molecule has 3 heterocycles. The number of aromatic nitrogens is 2. The molecule has 1 aromatic heterocycles. The maximum Gasteiger partial charge on any atom is 0.192 e. The van der Waals surface area contributed by atoms with Gasteiger partial charge in [-0.3, -0.25) is 9.47 Å². The highest BCUT2D eigenvalue weighted by molar-refractivity contribution is 5.46. The predicted molar refractivity (Wildman–Crippen MR) is 81.2 cm³/mol. The lowest BCUT2D eigenvalue weighted by atomic mass is 10.3. The van der Waals surface area contributed by atoms with Crippen LogP contribution in [-0.2, 0) is 11.3 Å². The normalized spacial score (nSPS) is 22.7. The fourth-order valence-electron chi connectivity index (χ4n) is 2.83. The molecular formula is C14H24N6O. The lowest BCUT2D eigenvalue weighted by Gasteiger charge is -2.38. The minimum Gasteiger partial charge on any atom is -0.482 e. The van der Waals surface area contributed by atoms with Gasteiger partial charge in [0.1, 0.15) is 5.82 Å². The van der Waals surface area contributed by atoms with E-state index in [-0.39, 0.29) is 6.29 Å². The Morgan fingerprint density at radius 2 is 2.14 bits per heavy atom. The molecule has 2 N–H and O–H groups in total. The minimum atomic E-state index is 0.0745. The van der Waals surface area contributed by atoms with E-state index in [1.807, 2.05) is 6.08 Å². The van der Waals surface area contributed by atoms with Gasteiger partial charge in [-0.1, -0.05) is 0 Å². The van der Waals surface area contributed by atoms with Gasteiger partial charge in [-0.2, -0.15) is 0 Å². The number of piperazine rings is 1. The van der Waals surface area contributed by atoms with Crippen LogP contribution in [0, 0.1) is 0 Å². The van der Waals surface area contributed by atoms with Crippen LogP contribution in [-0.4, -0.2) is 66.7 Å². The van der Waals surface area contributed by atoms with Gasteiger partial charge < -0.3 is 20.3 Å². The zero-order chi connectivity index (χ0) is 14.8. The average molecular weight is 292 g/mol. The Morgan fingerprint density at radius 3 is 2.81 bits per heavy atom. The number of hydrogen-bond donors (Lipinski definition) is 2. The molecule has 0 aromatic carbocycles. The summed E-state index contributed by atoms with van der Waals surface area (Å²) in [4.78, 5) is 9.25. The molecule has 1 atom stereocenters. The Hall–Kier alpha value is -1.57. The van der Waals surface area contributed by atoms with Crippen molar-refractivity contribution >= 4 is 6.08 Å². The number of nitrogens with one attached hydrogen (secondary N) is 2. The molecule has 7 nitrogen and oxygen atoms in total. The second-order valence-electron chi connectivity index (χ2n) is 5.75. The van der Waals surface area contributed by atoms with E-state index in [9.17, 15) is 0 Å². The maximum atomic E-state index is 5.40. The summed E-state index contributed by atoms with van der Waals surface area (Å²) in [5.41, 5.74) is 1.07. The van der Waals surface area contributed by atoms with E-state index in [4.69, 9.17) is 9.72 Å². The Bertz CT molecular complexity index is 518. The second kappa shape index (κ2) is 6.05. The number of imidazole rings is 1. The summed E-state index contributed by atoms with van der Waals surface area (Å²) in [5.74, 6) is 1.72. The van der Waals surface area contributed by atoms with Crippen molar-refractivity contribution in [3.8, 4) is 0 Å². The van der Waals surface area contributed by atoms with Crippen molar-refractivity contribution in [1.82, 2.24) is 30.0 Å². The third-order valence-electron chi connectivity index (χ3n) is 3.80. The average Bonchev–Trinajstić information content (AvgIpc) is 2.88. The van der Waals surface area contributed by atoms with E-state index in [0.717, 1.165) is 50.1 Å². The molecule has 0 spiro atoms. The van der Waals surface area contributed by atoms with E-state index >= 15 is 0 Å². The first-order valence-electron chi connectivity index (χ1n) is 7.37. The Balaban J connectivity index is 1.89. The lowest BCUT2D eigenvalue weighted by Crippen LogP contribution is -2.51. The molecule has 1 saturated heterocycles. The molecule has 7 heteroatoms. The van der Waals surface area contributed by atoms with Gasteiger partial charge in [-0.05, 0) is 14.1 Å². The molecule has 1 unspecified atom stereocenters. The molecule has 21 heavy (non-hydrogen) atoms. The minimum absolute atomic E-state index is 0.0745. The first kappa shape index (κ1) is 14.4. The summed E-state index contributed by atoms with van der Waals surface area (Å²) in [5, 5.41) is 6.83. The number of fused-ring (bicyclic) bond motifs is 1. The Kier molecular flexibility index (Phi) is 4.14. The van der Waals surface area contributed by atoms with E-state index in [1.165, 1.54) is 0 Å². The van der Waals surface area contributed by atoms with Gasteiger partial charge in [0, 0.05) is 45.0 Å². The second-order valence-corrected chi connectivity index (χ2v) is 5.75. The molecule has 2 aliphatic heterocycles. The predicted octanol–water partition coefficient (Wildman–Crippen LogP) is -0.146. The van der Waals surface area contributed by atoms with Crippen molar-refractivity contribution in [3.63, 3.8) is 0 Å². The van der Waals surface area contributed by atoms with Crippen LogP contribution >= 0.6 is 0 Å². The molecule has 1 aromatic rings. The van der Waals surface area contributed by atoms with E-state index in [2.05, 4.69) is 45.3 Å². The summed E-state index contributed by atoms with van der Waals surface area (Å²) in [7, 11) is 5.80. The molecule has 1 fully saturated rings. The molecule has 2 aliphatic rings. The monoisotopic (exact) mass is 292 g/mol. The van der Waals surface area contributed by atoms with E-state index < -0.39 is 0 Å². The Morgan fingerprint density at radius 1 is 1.38 bits per heavy atom. The molecule has 116 valence electrons. The van der Waals surface area contributed by atoms with Gasteiger partial charge in [-0.25, -0.2) is 4.98 Å². The van der Waals surface area contributed by atoms with Gasteiger partial charge in [-0.15, -0.1) is 0 Å². The van der Waals surface area contributed by atoms with Crippen molar-refractivity contribution < 1.29 is 4.74 Å². The summed E-state index contributed by atoms with van der Waals surface area (Å²) < 4.78 is 7.60. The third-order valence-corrected chi connectivity index (χ3v) is 3.80. The number of rotatable bonds is 4. The van der Waals surface area contributed by atoms with Crippen LogP contribution in [0.5, 0.6) is 0 Å². The summed E-state index contributed by atoms with van der Waals surface area (Å²) in [6, 6.07) is 0. The van der Waals surface area contributed by atoms with Crippen molar-refractivity contribution in [3.05, 3.63) is 23.6 Å². The Labute approximate surface area is 125 Å². The highest BCUT2D eigenvalue weighted by atomic mass is 16.5. The van der Waals surface area contributed by atoms with Crippen LogP contribution in [0.25, 0.3) is 6.08 Å². The number of methoxy groups -OCH3 is 1. The van der Waals surface area contributed by atoms with Gasteiger partial charge in [0.25, 0.3) is 0 Å². The summed E-state index contributed by atoms with van der Waals surface area (Å²) in [6.07, 6.45) is 4.17. The van der Waals surface area contributed by atoms with E-state index in [0.29, 0.717) is 0 Å². The molecule has 0 radical (unpaired) electrons. The smallest absolute Gasteiger partial charge is 0.192 e. The highest BCUT2D eigenvalue weighted by Gasteiger charge is 2.28. The van der Waals surface area contributed by atoms with Gasteiger partial charge >= 0.3 is 0 Å². The molecule has 3 rings (SSSR count). The van der Waals surface area contributed by atoms with E-state index in [1.54, 1.807) is 7.11 Å². The van der Waals surface area contributed by atoms with Crippen LogP contribution < -0.4 is 10.6 Å². The van der Waals surface area contributed by atoms with Gasteiger partial charge in [0.2, 0.25) is 0 Å². The molecule has 0 bridgehead atoms. The number of ether oxygens (including phenoxy) is 1. The lowest BCUT2D eigenvalue weighted by molar-refractivity contribution is 0.0767. The third kappa shape index (κ3) is 3.04. The molecule has 0 aliphatic carbocycles. The maximum absolute atomic E-state index is 5.40. The van der Waals surface area contributed by atoms with Crippen molar-refractivity contribution in [2.24, 2.45) is 0 Å². The van der Waals surface area contributed by atoms with Crippen molar-refractivity contribution in [2.45, 2.75) is 12.8 Å². The quantitative estimate of drug-likeness (QED) is 0.805. The first-order chi connectivity index (χ1) is 10.2. The van der Waals surface area contributed by atoms with Gasteiger partial charge in [0.05, 0.1) is 12.8 Å². The zero-order valence-corrected chi connectivity index (χ0v) is 13.0. The van der Waals surface area contributed by atoms with Crippen LogP contribution in [0.1, 0.15) is 17.8 Å². The van der Waals surface area contributed by atoms with Crippen LogP contribution in [0.15, 0.2) is 12.1 Å². The number of nitrogens with zero attached hydrogens (tertiary/aromatic N) is 4. The standard InChI is InChI=1S/C14H24N6O/c1-18(2)9-11-10-20-12(16-11)8-13(21-3)17-14(20)19-6-4-15-5-7-19/h8,10,14-15,17H,4-7,9H2,1-3H3. The topological polar surface area (TPSA) is 57.6 Å². The first-order valence-corrected chi connectivity index (χ1v) is 7.37. The fraction of sp³-hybridized carbons (Fsp3) is 0.643. The largest absolute Gasteiger partial charge is 0.482 e. The molecule has 0 saturated carbocycles. The zero-order valence-electron chi connectivity index (χ0n) is 13.0. The summed E-state index contributed by atoms with van der Waals surface area (Å²) >= 11 is 0. The van der Waals surface area contributed by atoms with Crippen LogP contribution in [0.2, 0.25) is 0 Å². The van der Waals surface area contributed by atoms with Crippen molar-refractivity contribution in [1.29, 1.82) is 0 Å². The van der Waals surface area contributed by atoms with Gasteiger partial charge in [0.15, 0.2) is 12.2 Å². The van der Waals surface area contributed by atoms with Crippen LogP contribution in [0.4, 0.5) is 0 Å². The summed E-state index contributed by atoms with van der Waals surface area (Å²) in [6.45, 7) is 4.88.